The third-order valence-corrected chi connectivity index (χ3v) is 2.99. The maximum absolute atomic E-state index is 11.9. The number of carbonyl (C=O) groups is 2. The summed E-state index contributed by atoms with van der Waals surface area (Å²) < 4.78 is 5.57. The topological polar surface area (TPSA) is 55.4 Å². The van der Waals surface area contributed by atoms with Crippen LogP contribution < -0.4 is 10.1 Å². The average Bonchev–Trinajstić information content (AvgIpc) is 2.40. The van der Waals surface area contributed by atoms with Crippen molar-refractivity contribution in [1.29, 1.82) is 0 Å². The molecule has 110 valence electrons. The van der Waals surface area contributed by atoms with Crippen LogP contribution in [0.3, 0.4) is 0 Å². The van der Waals surface area contributed by atoms with E-state index in [9.17, 15) is 9.59 Å². The van der Waals surface area contributed by atoms with Gasteiger partial charge in [-0.05, 0) is 38.3 Å². The smallest absolute Gasteiger partial charge is 0.260 e. The number of aryl methyl sites for hydroxylation is 1. The molecule has 1 aromatic carbocycles. The van der Waals surface area contributed by atoms with Crippen molar-refractivity contribution in [2.24, 2.45) is 5.92 Å². The van der Waals surface area contributed by atoms with Crippen LogP contribution in [-0.2, 0) is 4.79 Å². The van der Waals surface area contributed by atoms with Crippen LogP contribution in [0.2, 0.25) is 0 Å². The van der Waals surface area contributed by atoms with Gasteiger partial charge in [-0.3, -0.25) is 9.59 Å². The predicted octanol–water partition coefficient (Wildman–Crippen LogP) is 2.74. The predicted molar refractivity (Wildman–Crippen MR) is 79.1 cm³/mol. The molecule has 0 spiro atoms. The first-order valence-electron chi connectivity index (χ1n) is 6.94. The molecule has 0 aliphatic heterocycles. The second-order valence-corrected chi connectivity index (χ2v) is 5.39. The monoisotopic (exact) mass is 277 g/mol. The van der Waals surface area contributed by atoms with Crippen LogP contribution in [0.5, 0.6) is 5.75 Å². The Morgan fingerprint density at radius 2 is 2.05 bits per heavy atom. The third-order valence-electron chi connectivity index (χ3n) is 2.99. The molecule has 4 heteroatoms. The lowest BCUT2D eigenvalue weighted by Crippen LogP contribution is -2.37. The van der Waals surface area contributed by atoms with Crippen LogP contribution in [0.4, 0.5) is 0 Å². The lowest BCUT2D eigenvalue weighted by Gasteiger charge is -2.16. The molecule has 4 nitrogen and oxygen atoms in total. The largest absolute Gasteiger partial charge is 0.480 e. The number of benzene rings is 1. The molecule has 1 aromatic rings. The molecule has 0 heterocycles. The summed E-state index contributed by atoms with van der Waals surface area (Å²) in [5, 5.41) is 2.83. The van der Waals surface area contributed by atoms with E-state index in [0.29, 0.717) is 23.8 Å². The van der Waals surface area contributed by atoms with Gasteiger partial charge in [0.05, 0.1) is 5.56 Å². The standard InChI is InChI=1S/C16H23NO3/c1-11(2)7-8-17-16(19)13(4)20-15-6-5-12(3)9-14(15)10-18/h5-6,9-11,13H,7-8H2,1-4H3,(H,17,19). The minimum absolute atomic E-state index is 0.164. The molecule has 0 aliphatic carbocycles. The molecule has 20 heavy (non-hydrogen) atoms. The zero-order valence-electron chi connectivity index (χ0n) is 12.6. The first-order valence-corrected chi connectivity index (χ1v) is 6.94. The molecule has 0 bridgehead atoms. The number of rotatable bonds is 7. The van der Waals surface area contributed by atoms with E-state index in [1.807, 2.05) is 13.0 Å². The highest BCUT2D eigenvalue weighted by Crippen LogP contribution is 2.19. The highest BCUT2D eigenvalue weighted by atomic mass is 16.5. The molecule has 0 fully saturated rings. The van der Waals surface area contributed by atoms with Crippen LogP contribution in [0.15, 0.2) is 18.2 Å². The molecule has 0 radical (unpaired) electrons. The van der Waals surface area contributed by atoms with E-state index >= 15 is 0 Å². The Morgan fingerprint density at radius 3 is 2.65 bits per heavy atom. The zero-order valence-corrected chi connectivity index (χ0v) is 12.6. The van der Waals surface area contributed by atoms with Gasteiger partial charge in [-0.15, -0.1) is 0 Å². The summed E-state index contributed by atoms with van der Waals surface area (Å²) >= 11 is 0. The van der Waals surface area contributed by atoms with Crippen LogP contribution in [0.1, 0.15) is 43.1 Å². The number of carbonyl (C=O) groups excluding carboxylic acids is 2. The summed E-state index contributed by atoms with van der Waals surface area (Å²) in [6, 6.07) is 5.31. The summed E-state index contributed by atoms with van der Waals surface area (Å²) in [4.78, 5) is 22.9. The highest BCUT2D eigenvalue weighted by Gasteiger charge is 2.16. The molecule has 0 aromatic heterocycles. The molecule has 1 atom stereocenters. The lowest BCUT2D eigenvalue weighted by molar-refractivity contribution is -0.127. The fourth-order valence-electron chi connectivity index (χ4n) is 1.74. The Morgan fingerprint density at radius 1 is 1.35 bits per heavy atom. The number of hydrogen-bond donors (Lipinski definition) is 1. The minimum atomic E-state index is -0.622. The van der Waals surface area contributed by atoms with E-state index in [1.165, 1.54) is 0 Å². The van der Waals surface area contributed by atoms with Crippen molar-refractivity contribution in [3.63, 3.8) is 0 Å². The fourth-order valence-corrected chi connectivity index (χ4v) is 1.74. The van der Waals surface area contributed by atoms with Crippen LogP contribution in [-0.4, -0.2) is 24.8 Å². The third kappa shape index (κ3) is 5.03. The number of nitrogens with one attached hydrogen (secondary N) is 1. The van der Waals surface area contributed by atoms with Crippen molar-refractivity contribution < 1.29 is 14.3 Å². The van der Waals surface area contributed by atoms with Crippen LogP contribution in [0.25, 0.3) is 0 Å². The van der Waals surface area contributed by atoms with E-state index in [0.717, 1.165) is 18.3 Å². The molecule has 1 unspecified atom stereocenters. The molecule has 0 saturated heterocycles. The summed E-state index contributed by atoms with van der Waals surface area (Å²) in [5.41, 5.74) is 1.44. The van der Waals surface area contributed by atoms with Crippen LogP contribution >= 0.6 is 0 Å². The average molecular weight is 277 g/mol. The summed E-state index contributed by atoms with van der Waals surface area (Å²) in [5.74, 6) is 0.825. The Bertz CT molecular complexity index is 469. The second-order valence-electron chi connectivity index (χ2n) is 5.39. The van der Waals surface area contributed by atoms with Gasteiger partial charge in [0.25, 0.3) is 5.91 Å². The van der Waals surface area contributed by atoms with Gasteiger partial charge in [0.1, 0.15) is 5.75 Å². The molecule has 1 amide bonds. The summed E-state index contributed by atoms with van der Waals surface area (Å²) in [6.07, 6.45) is 1.05. The molecule has 1 N–H and O–H groups in total. The van der Waals surface area contributed by atoms with Crippen molar-refractivity contribution in [2.75, 3.05) is 6.54 Å². The fraction of sp³-hybridized carbons (Fsp3) is 0.500. The number of amides is 1. The van der Waals surface area contributed by atoms with Gasteiger partial charge in [-0.2, -0.15) is 0 Å². The van der Waals surface area contributed by atoms with Gasteiger partial charge >= 0.3 is 0 Å². The molecule has 1 rings (SSSR count). The Balaban J connectivity index is 2.59. The Kier molecular flexibility index (Phi) is 6.22. The Hall–Kier alpha value is -1.84. The maximum Gasteiger partial charge on any atom is 0.260 e. The highest BCUT2D eigenvalue weighted by molar-refractivity contribution is 5.82. The van der Waals surface area contributed by atoms with Crippen molar-refractivity contribution in [2.45, 2.75) is 40.2 Å². The minimum Gasteiger partial charge on any atom is -0.480 e. The van der Waals surface area contributed by atoms with Gasteiger partial charge in [-0.25, -0.2) is 0 Å². The zero-order chi connectivity index (χ0) is 15.1. The normalized spacial score (nSPS) is 12.1. The van der Waals surface area contributed by atoms with Crippen molar-refractivity contribution in [3.8, 4) is 5.75 Å². The maximum atomic E-state index is 11.9. The van der Waals surface area contributed by atoms with Gasteiger partial charge in [-0.1, -0.05) is 25.5 Å². The summed E-state index contributed by atoms with van der Waals surface area (Å²) in [6.45, 7) is 8.43. The molecular weight excluding hydrogens is 254 g/mol. The Labute approximate surface area is 120 Å². The van der Waals surface area contributed by atoms with Crippen LogP contribution in [0, 0.1) is 12.8 Å². The van der Waals surface area contributed by atoms with Gasteiger partial charge in [0, 0.05) is 6.54 Å². The van der Waals surface area contributed by atoms with E-state index in [1.54, 1.807) is 19.1 Å². The van der Waals surface area contributed by atoms with Crippen molar-refractivity contribution >= 4 is 12.2 Å². The molecule has 0 saturated carbocycles. The van der Waals surface area contributed by atoms with E-state index in [4.69, 9.17) is 4.74 Å². The van der Waals surface area contributed by atoms with E-state index in [-0.39, 0.29) is 5.91 Å². The van der Waals surface area contributed by atoms with Gasteiger partial charge < -0.3 is 10.1 Å². The molecule has 0 aliphatic rings. The quantitative estimate of drug-likeness (QED) is 0.780. The van der Waals surface area contributed by atoms with Gasteiger partial charge in [0.15, 0.2) is 12.4 Å². The van der Waals surface area contributed by atoms with Gasteiger partial charge in [0.2, 0.25) is 0 Å². The number of aldehydes is 1. The first-order chi connectivity index (χ1) is 9.43. The number of ether oxygens (including phenoxy) is 1. The van der Waals surface area contributed by atoms with Crippen molar-refractivity contribution in [3.05, 3.63) is 29.3 Å². The number of hydrogen-bond acceptors (Lipinski definition) is 3. The van der Waals surface area contributed by atoms with E-state index in [2.05, 4.69) is 19.2 Å². The second kappa shape index (κ2) is 7.68. The summed E-state index contributed by atoms with van der Waals surface area (Å²) in [7, 11) is 0. The van der Waals surface area contributed by atoms with E-state index < -0.39 is 6.10 Å². The lowest BCUT2D eigenvalue weighted by atomic mass is 10.1. The first kappa shape index (κ1) is 16.2. The SMILES string of the molecule is Cc1ccc(OC(C)C(=O)NCCC(C)C)c(C=O)c1. The van der Waals surface area contributed by atoms with Crippen molar-refractivity contribution in [1.82, 2.24) is 5.32 Å². The molecular formula is C16H23NO3.